The van der Waals surface area contributed by atoms with Gasteiger partial charge >= 0.3 is 6.03 Å². The van der Waals surface area contributed by atoms with E-state index in [0.29, 0.717) is 48.2 Å². The number of benzene rings is 2. The number of anilines is 1. The molecule has 4 aromatic rings. The van der Waals surface area contributed by atoms with Crippen molar-refractivity contribution in [3.63, 3.8) is 0 Å². The lowest BCUT2D eigenvalue weighted by Crippen LogP contribution is -2.71. The Labute approximate surface area is 215 Å². The van der Waals surface area contributed by atoms with Gasteiger partial charge in [0.1, 0.15) is 17.3 Å². The highest BCUT2D eigenvalue weighted by Gasteiger charge is 2.57. The van der Waals surface area contributed by atoms with Crippen LogP contribution < -0.4 is 20.3 Å². The highest BCUT2D eigenvalue weighted by molar-refractivity contribution is 6.24. The molecule has 4 heterocycles. The standard InChI is InChI=1S/C27H20FN5O5/c28-18-6-2-17(3-7-18)22-14-21(32-38-22)16-4-9-20(10-5-16)37-23-11-8-19(15-29-23)33-13-1-12-27(33)24(34)30-26(36)31-25(27)35/h2-11,14-15H,1,12-13H2,(H2,30,31,34,35,36). The van der Waals surface area contributed by atoms with E-state index in [-0.39, 0.29) is 5.82 Å². The zero-order valence-corrected chi connectivity index (χ0v) is 19.8. The molecule has 2 aliphatic heterocycles. The quantitative estimate of drug-likeness (QED) is 0.383. The molecule has 4 amide bonds. The van der Waals surface area contributed by atoms with Gasteiger partial charge in [0.2, 0.25) is 5.88 Å². The lowest BCUT2D eigenvalue weighted by atomic mass is 9.92. The number of rotatable bonds is 5. The van der Waals surface area contributed by atoms with E-state index in [2.05, 4.69) is 20.8 Å². The molecule has 0 radical (unpaired) electrons. The van der Waals surface area contributed by atoms with E-state index in [4.69, 9.17) is 9.26 Å². The summed E-state index contributed by atoms with van der Waals surface area (Å²) in [5, 5.41) is 8.48. The van der Waals surface area contributed by atoms with E-state index < -0.39 is 23.4 Å². The van der Waals surface area contributed by atoms with Gasteiger partial charge in [-0.1, -0.05) is 5.16 Å². The molecule has 2 aromatic heterocycles. The second kappa shape index (κ2) is 9.11. The van der Waals surface area contributed by atoms with Gasteiger partial charge in [-0.15, -0.1) is 0 Å². The third-order valence-corrected chi connectivity index (χ3v) is 6.63. The summed E-state index contributed by atoms with van der Waals surface area (Å²) in [5.41, 5.74) is 1.23. The number of carbonyl (C=O) groups excluding carboxylic acids is 3. The number of urea groups is 1. The van der Waals surface area contributed by atoms with Gasteiger partial charge in [-0.05, 0) is 67.4 Å². The van der Waals surface area contributed by atoms with Crippen molar-refractivity contribution in [2.45, 2.75) is 18.4 Å². The number of carbonyl (C=O) groups is 3. The molecule has 6 rings (SSSR count). The van der Waals surface area contributed by atoms with Crippen molar-refractivity contribution in [2.75, 3.05) is 11.4 Å². The lowest BCUT2D eigenvalue weighted by Gasteiger charge is -2.38. The largest absolute Gasteiger partial charge is 0.439 e. The average Bonchev–Trinajstić information content (AvgIpc) is 3.58. The third-order valence-electron chi connectivity index (χ3n) is 6.63. The van der Waals surface area contributed by atoms with Crippen LogP contribution in [0.25, 0.3) is 22.6 Å². The average molecular weight is 513 g/mol. The predicted octanol–water partition coefficient (Wildman–Crippen LogP) is 4.04. The number of halogens is 1. The first-order valence-electron chi connectivity index (χ1n) is 11.8. The first-order valence-corrected chi connectivity index (χ1v) is 11.8. The van der Waals surface area contributed by atoms with Crippen molar-refractivity contribution in [1.82, 2.24) is 20.8 Å². The molecule has 2 fully saturated rings. The summed E-state index contributed by atoms with van der Waals surface area (Å²) in [6.45, 7) is 0.462. The summed E-state index contributed by atoms with van der Waals surface area (Å²) in [5.74, 6) is -0.211. The van der Waals surface area contributed by atoms with Gasteiger partial charge in [-0.3, -0.25) is 20.2 Å². The first-order chi connectivity index (χ1) is 18.4. The molecule has 1 spiro atoms. The van der Waals surface area contributed by atoms with Gasteiger partial charge in [0.25, 0.3) is 11.8 Å². The van der Waals surface area contributed by atoms with Crippen molar-refractivity contribution >= 4 is 23.5 Å². The Morgan fingerprint density at radius 1 is 0.921 bits per heavy atom. The van der Waals surface area contributed by atoms with Gasteiger partial charge in [-0.2, -0.15) is 0 Å². The van der Waals surface area contributed by atoms with Gasteiger partial charge in [0, 0.05) is 29.8 Å². The highest BCUT2D eigenvalue weighted by Crippen LogP contribution is 2.36. The van der Waals surface area contributed by atoms with Crippen LogP contribution in [0.2, 0.25) is 0 Å². The van der Waals surface area contributed by atoms with Crippen molar-refractivity contribution in [1.29, 1.82) is 0 Å². The maximum atomic E-state index is 13.2. The summed E-state index contributed by atoms with van der Waals surface area (Å²) in [6.07, 6.45) is 2.43. The third kappa shape index (κ3) is 4.03. The SMILES string of the molecule is O=C1NC(=O)C2(CCCN2c2ccc(Oc3ccc(-c4cc(-c5ccc(F)cc5)on4)cc3)nc2)C(=O)N1. The number of nitrogens with one attached hydrogen (secondary N) is 2. The van der Waals surface area contributed by atoms with E-state index in [1.165, 1.54) is 18.3 Å². The maximum absolute atomic E-state index is 13.2. The van der Waals surface area contributed by atoms with Crippen molar-refractivity contribution in [2.24, 2.45) is 0 Å². The van der Waals surface area contributed by atoms with Crippen molar-refractivity contribution in [3.05, 3.63) is 78.7 Å². The summed E-state index contributed by atoms with van der Waals surface area (Å²) in [6, 6.07) is 17.5. The van der Waals surface area contributed by atoms with Gasteiger partial charge in [0.05, 0.1) is 11.9 Å². The summed E-state index contributed by atoms with van der Waals surface area (Å²) in [7, 11) is 0. The normalized spacial score (nSPS) is 16.4. The van der Waals surface area contributed by atoms with Crippen molar-refractivity contribution in [3.8, 4) is 34.2 Å². The van der Waals surface area contributed by atoms with Crippen molar-refractivity contribution < 1.29 is 28.0 Å². The van der Waals surface area contributed by atoms with Crippen LogP contribution in [0.3, 0.4) is 0 Å². The number of hydrogen-bond donors (Lipinski definition) is 2. The molecule has 2 aliphatic rings. The highest BCUT2D eigenvalue weighted by atomic mass is 19.1. The van der Waals surface area contributed by atoms with Crippen LogP contribution in [-0.2, 0) is 9.59 Å². The second-order valence-electron chi connectivity index (χ2n) is 8.92. The minimum Gasteiger partial charge on any atom is -0.439 e. The van der Waals surface area contributed by atoms with Crippen LogP contribution in [0.5, 0.6) is 11.6 Å². The monoisotopic (exact) mass is 513 g/mol. The zero-order chi connectivity index (χ0) is 26.3. The number of imide groups is 2. The Hall–Kier alpha value is -5.06. The summed E-state index contributed by atoms with van der Waals surface area (Å²) < 4.78 is 24.4. The number of barbiturate groups is 1. The minimum absolute atomic E-state index is 0.291. The molecule has 0 saturated carbocycles. The molecule has 0 bridgehead atoms. The molecular weight excluding hydrogens is 493 g/mol. The topological polar surface area (TPSA) is 127 Å². The molecule has 0 aliphatic carbocycles. The molecule has 0 atom stereocenters. The van der Waals surface area contributed by atoms with E-state index in [1.807, 2.05) is 12.1 Å². The number of aromatic nitrogens is 2. The van der Waals surface area contributed by atoms with Crippen LogP contribution in [0.15, 0.2) is 77.4 Å². The number of hydrogen-bond acceptors (Lipinski definition) is 8. The predicted molar refractivity (Wildman–Crippen MR) is 133 cm³/mol. The number of amides is 4. The molecule has 0 unspecified atom stereocenters. The van der Waals surface area contributed by atoms with Crippen LogP contribution in [-0.4, -0.2) is 40.1 Å². The van der Waals surface area contributed by atoms with Crippen LogP contribution >= 0.6 is 0 Å². The second-order valence-corrected chi connectivity index (χ2v) is 8.92. The Bertz CT molecular complexity index is 1510. The molecule has 11 heteroatoms. The molecule has 190 valence electrons. The molecule has 2 saturated heterocycles. The Morgan fingerprint density at radius 3 is 2.32 bits per heavy atom. The fraction of sp³-hybridized carbons (Fsp3) is 0.148. The van der Waals surface area contributed by atoms with Gasteiger partial charge in [-0.25, -0.2) is 14.2 Å². The molecule has 2 N–H and O–H groups in total. The number of pyridine rings is 1. The fourth-order valence-corrected chi connectivity index (χ4v) is 4.76. The maximum Gasteiger partial charge on any atom is 0.328 e. The Balaban J connectivity index is 1.15. The van der Waals surface area contributed by atoms with E-state index >= 15 is 0 Å². The van der Waals surface area contributed by atoms with E-state index in [1.54, 1.807) is 47.4 Å². The first kappa shape index (κ1) is 23.3. The number of nitrogens with zero attached hydrogens (tertiary/aromatic N) is 3. The van der Waals surface area contributed by atoms with E-state index in [9.17, 15) is 18.8 Å². The zero-order valence-electron chi connectivity index (χ0n) is 19.8. The lowest BCUT2D eigenvalue weighted by molar-refractivity contribution is -0.137. The minimum atomic E-state index is -1.48. The molecule has 2 aromatic carbocycles. The molecule has 38 heavy (non-hydrogen) atoms. The molecule has 10 nitrogen and oxygen atoms in total. The van der Waals surface area contributed by atoms with Gasteiger partial charge < -0.3 is 14.2 Å². The molecular formula is C27H20FN5O5. The van der Waals surface area contributed by atoms with Crippen LogP contribution in [0.1, 0.15) is 12.8 Å². The smallest absolute Gasteiger partial charge is 0.328 e. The Kier molecular flexibility index (Phi) is 5.60. The van der Waals surface area contributed by atoms with Crippen LogP contribution in [0.4, 0.5) is 14.9 Å². The Morgan fingerprint density at radius 2 is 1.63 bits per heavy atom. The summed E-state index contributed by atoms with van der Waals surface area (Å²) in [4.78, 5) is 42.8. The fourth-order valence-electron chi connectivity index (χ4n) is 4.76. The van der Waals surface area contributed by atoms with Gasteiger partial charge in [0.15, 0.2) is 11.3 Å². The van der Waals surface area contributed by atoms with Crippen LogP contribution in [0, 0.1) is 5.82 Å². The summed E-state index contributed by atoms with van der Waals surface area (Å²) >= 11 is 0. The van der Waals surface area contributed by atoms with E-state index in [0.717, 1.165) is 11.1 Å². The number of ether oxygens (including phenoxy) is 1.